The second-order valence-electron chi connectivity index (χ2n) is 6.09. The van der Waals surface area contributed by atoms with Gasteiger partial charge < -0.3 is 10.1 Å². The van der Waals surface area contributed by atoms with E-state index in [1.54, 1.807) is 13.0 Å². The third-order valence-electron chi connectivity index (χ3n) is 3.72. The van der Waals surface area contributed by atoms with E-state index < -0.39 is 12.1 Å². The third kappa shape index (κ3) is 5.92. The summed E-state index contributed by atoms with van der Waals surface area (Å²) in [6.45, 7) is 5.77. The SMILES string of the molecule is CC(C)c1ccc(NC(=O)[C@@H](C)OC(=O)/C=C/c2ccccc2)cc1. The van der Waals surface area contributed by atoms with Crippen LogP contribution in [-0.2, 0) is 14.3 Å². The highest BCUT2D eigenvalue weighted by atomic mass is 16.5. The molecule has 0 unspecified atom stereocenters. The van der Waals surface area contributed by atoms with E-state index in [1.807, 2.05) is 54.6 Å². The van der Waals surface area contributed by atoms with Crippen LogP contribution in [0.3, 0.4) is 0 Å². The Kier molecular flexibility index (Phi) is 6.52. The van der Waals surface area contributed by atoms with Gasteiger partial charge in [0, 0.05) is 11.8 Å². The molecule has 25 heavy (non-hydrogen) atoms. The van der Waals surface area contributed by atoms with Crippen molar-refractivity contribution in [3.05, 3.63) is 71.8 Å². The Morgan fingerprint density at radius 2 is 1.60 bits per heavy atom. The summed E-state index contributed by atoms with van der Waals surface area (Å²) in [5, 5.41) is 2.75. The van der Waals surface area contributed by atoms with Gasteiger partial charge in [-0.1, -0.05) is 56.3 Å². The maximum Gasteiger partial charge on any atom is 0.331 e. The van der Waals surface area contributed by atoms with Gasteiger partial charge in [0.05, 0.1) is 0 Å². The molecule has 0 spiro atoms. The first-order chi connectivity index (χ1) is 12.0. The zero-order valence-corrected chi connectivity index (χ0v) is 14.7. The summed E-state index contributed by atoms with van der Waals surface area (Å²) in [6, 6.07) is 17.0. The maximum absolute atomic E-state index is 12.1. The summed E-state index contributed by atoms with van der Waals surface area (Å²) < 4.78 is 5.13. The van der Waals surface area contributed by atoms with Crippen molar-refractivity contribution < 1.29 is 14.3 Å². The first-order valence-electron chi connectivity index (χ1n) is 8.30. The molecule has 0 saturated heterocycles. The van der Waals surface area contributed by atoms with Gasteiger partial charge in [-0.2, -0.15) is 0 Å². The molecule has 0 radical (unpaired) electrons. The summed E-state index contributed by atoms with van der Waals surface area (Å²) >= 11 is 0. The van der Waals surface area contributed by atoms with Crippen LogP contribution >= 0.6 is 0 Å². The largest absolute Gasteiger partial charge is 0.449 e. The highest BCUT2D eigenvalue weighted by Crippen LogP contribution is 2.17. The first-order valence-corrected chi connectivity index (χ1v) is 8.30. The molecule has 0 aliphatic carbocycles. The van der Waals surface area contributed by atoms with Gasteiger partial charge in [-0.05, 0) is 42.2 Å². The van der Waals surface area contributed by atoms with E-state index in [4.69, 9.17) is 4.74 Å². The Morgan fingerprint density at radius 3 is 2.20 bits per heavy atom. The van der Waals surface area contributed by atoms with Crippen molar-refractivity contribution >= 4 is 23.6 Å². The van der Waals surface area contributed by atoms with E-state index in [2.05, 4.69) is 19.2 Å². The quantitative estimate of drug-likeness (QED) is 0.628. The number of hydrogen-bond donors (Lipinski definition) is 1. The Bertz CT molecular complexity index is 733. The van der Waals surface area contributed by atoms with Gasteiger partial charge in [-0.25, -0.2) is 4.79 Å². The molecule has 0 heterocycles. The van der Waals surface area contributed by atoms with Crippen LogP contribution in [0.1, 0.15) is 37.8 Å². The minimum absolute atomic E-state index is 0.362. The number of amides is 1. The van der Waals surface area contributed by atoms with Crippen molar-refractivity contribution in [1.82, 2.24) is 0 Å². The second-order valence-corrected chi connectivity index (χ2v) is 6.09. The Hall–Kier alpha value is -2.88. The number of anilines is 1. The van der Waals surface area contributed by atoms with E-state index in [0.717, 1.165) is 5.56 Å². The number of ether oxygens (including phenoxy) is 1. The molecule has 2 rings (SSSR count). The number of benzene rings is 2. The molecule has 2 aromatic rings. The van der Waals surface area contributed by atoms with Gasteiger partial charge in [0.15, 0.2) is 6.10 Å². The number of carbonyl (C=O) groups excluding carboxylic acids is 2. The van der Waals surface area contributed by atoms with Crippen molar-refractivity contribution in [1.29, 1.82) is 0 Å². The van der Waals surface area contributed by atoms with Crippen LogP contribution in [0.15, 0.2) is 60.7 Å². The summed E-state index contributed by atoms with van der Waals surface area (Å²) in [5.74, 6) is -0.485. The summed E-state index contributed by atoms with van der Waals surface area (Å²) in [4.78, 5) is 23.9. The Labute approximate surface area is 148 Å². The van der Waals surface area contributed by atoms with Crippen LogP contribution in [-0.4, -0.2) is 18.0 Å². The predicted octanol–water partition coefficient (Wildman–Crippen LogP) is 4.39. The molecule has 4 nitrogen and oxygen atoms in total. The average molecular weight is 337 g/mol. The molecule has 130 valence electrons. The monoisotopic (exact) mass is 337 g/mol. The average Bonchev–Trinajstić information content (AvgIpc) is 2.61. The van der Waals surface area contributed by atoms with Crippen molar-refractivity contribution in [2.45, 2.75) is 32.8 Å². The van der Waals surface area contributed by atoms with Crippen molar-refractivity contribution in [3.8, 4) is 0 Å². The molecular weight excluding hydrogens is 314 g/mol. The molecule has 0 saturated carbocycles. The van der Waals surface area contributed by atoms with E-state index in [-0.39, 0.29) is 5.91 Å². The Balaban J connectivity index is 1.87. The maximum atomic E-state index is 12.1. The zero-order chi connectivity index (χ0) is 18.2. The van der Waals surface area contributed by atoms with Crippen molar-refractivity contribution in [2.75, 3.05) is 5.32 Å². The van der Waals surface area contributed by atoms with Gasteiger partial charge in [0.1, 0.15) is 0 Å². The molecule has 0 aliphatic rings. The minimum Gasteiger partial charge on any atom is -0.449 e. The predicted molar refractivity (Wildman–Crippen MR) is 100 cm³/mol. The molecule has 0 fully saturated rings. The van der Waals surface area contributed by atoms with Crippen LogP contribution in [0.5, 0.6) is 0 Å². The summed E-state index contributed by atoms with van der Waals surface area (Å²) in [6.07, 6.45) is 2.09. The lowest BCUT2D eigenvalue weighted by Crippen LogP contribution is -2.29. The topological polar surface area (TPSA) is 55.4 Å². The normalized spacial score (nSPS) is 12.2. The first kappa shape index (κ1) is 18.5. The van der Waals surface area contributed by atoms with Gasteiger partial charge >= 0.3 is 5.97 Å². The lowest BCUT2D eigenvalue weighted by Gasteiger charge is -2.13. The molecule has 0 bridgehead atoms. The van der Waals surface area contributed by atoms with Crippen molar-refractivity contribution in [3.63, 3.8) is 0 Å². The number of carbonyl (C=O) groups is 2. The molecule has 0 aliphatic heterocycles. The van der Waals surface area contributed by atoms with Crippen molar-refractivity contribution in [2.24, 2.45) is 0 Å². The molecule has 1 N–H and O–H groups in total. The van der Waals surface area contributed by atoms with E-state index >= 15 is 0 Å². The fourth-order valence-corrected chi connectivity index (χ4v) is 2.19. The highest BCUT2D eigenvalue weighted by Gasteiger charge is 2.16. The van der Waals surface area contributed by atoms with E-state index in [9.17, 15) is 9.59 Å². The smallest absolute Gasteiger partial charge is 0.331 e. The van der Waals surface area contributed by atoms with Gasteiger partial charge in [0.2, 0.25) is 0 Å². The number of hydrogen-bond acceptors (Lipinski definition) is 3. The van der Waals surface area contributed by atoms with Crippen LogP contribution in [0, 0.1) is 0 Å². The Morgan fingerprint density at radius 1 is 0.960 bits per heavy atom. The van der Waals surface area contributed by atoms with E-state index in [1.165, 1.54) is 11.6 Å². The number of nitrogens with one attached hydrogen (secondary N) is 1. The summed E-state index contributed by atoms with van der Waals surface area (Å²) in [5.41, 5.74) is 2.77. The number of esters is 1. The molecule has 1 atom stereocenters. The standard InChI is InChI=1S/C21H23NO3/c1-15(2)18-10-12-19(13-11-18)22-21(24)16(3)25-20(23)14-9-17-7-5-4-6-8-17/h4-16H,1-3H3,(H,22,24)/b14-9+/t16-/m1/s1. The summed E-state index contributed by atoms with van der Waals surface area (Å²) in [7, 11) is 0. The van der Waals surface area contributed by atoms with Crippen LogP contribution in [0.25, 0.3) is 6.08 Å². The van der Waals surface area contributed by atoms with E-state index in [0.29, 0.717) is 11.6 Å². The lowest BCUT2D eigenvalue weighted by atomic mass is 10.0. The third-order valence-corrected chi connectivity index (χ3v) is 3.72. The van der Waals surface area contributed by atoms with Gasteiger partial charge in [-0.3, -0.25) is 4.79 Å². The minimum atomic E-state index is -0.877. The van der Waals surface area contributed by atoms with Crippen LogP contribution in [0.4, 0.5) is 5.69 Å². The van der Waals surface area contributed by atoms with Crippen LogP contribution in [0.2, 0.25) is 0 Å². The fraction of sp³-hybridized carbons (Fsp3) is 0.238. The van der Waals surface area contributed by atoms with Gasteiger partial charge in [0.25, 0.3) is 5.91 Å². The molecule has 2 aromatic carbocycles. The van der Waals surface area contributed by atoms with Gasteiger partial charge in [-0.15, -0.1) is 0 Å². The molecule has 1 amide bonds. The van der Waals surface area contributed by atoms with Crippen LogP contribution < -0.4 is 5.32 Å². The molecule has 0 aromatic heterocycles. The lowest BCUT2D eigenvalue weighted by molar-refractivity contribution is -0.148. The highest BCUT2D eigenvalue weighted by molar-refractivity contribution is 5.96. The fourth-order valence-electron chi connectivity index (χ4n) is 2.19. The number of rotatable bonds is 6. The second kappa shape index (κ2) is 8.83. The zero-order valence-electron chi connectivity index (χ0n) is 14.7. The molecular formula is C21H23NO3. The molecule has 4 heteroatoms.